The van der Waals surface area contributed by atoms with Crippen molar-refractivity contribution in [3.8, 4) is 0 Å². The summed E-state index contributed by atoms with van der Waals surface area (Å²) in [4.78, 5) is 0. The van der Waals surface area contributed by atoms with E-state index in [1.807, 2.05) is 13.1 Å². The Balaban J connectivity index is 2.33. The molecule has 18 heavy (non-hydrogen) atoms. The minimum absolute atomic E-state index is 0.215. The van der Waals surface area contributed by atoms with Crippen LogP contribution in [0.5, 0.6) is 0 Å². The predicted molar refractivity (Wildman–Crippen MR) is 78.9 cm³/mol. The zero-order valence-corrected chi connectivity index (χ0v) is 11.9. The zero-order valence-electron chi connectivity index (χ0n) is 10.3. The van der Waals surface area contributed by atoms with Crippen LogP contribution < -0.4 is 5.32 Å². The molecule has 1 N–H and O–H groups in total. The van der Waals surface area contributed by atoms with Gasteiger partial charge in [0.1, 0.15) is 11.3 Å². The number of furan rings is 1. The molecule has 1 aromatic heterocycles. The fraction of sp³-hybridized carbons (Fsp3) is 0.200. The lowest BCUT2D eigenvalue weighted by Crippen LogP contribution is -2.10. The second-order valence-electron chi connectivity index (χ2n) is 4.49. The summed E-state index contributed by atoms with van der Waals surface area (Å²) >= 11 is 3.65. The lowest BCUT2D eigenvalue weighted by atomic mass is 10.1. The first-order valence-electron chi connectivity index (χ1n) is 5.98. The molecule has 1 heterocycles. The fourth-order valence-electron chi connectivity index (χ4n) is 2.17. The molecule has 0 aliphatic heterocycles. The predicted octanol–water partition coefficient (Wildman–Crippen LogP) is 4.63. The monoisotopic (exact) mass is 303 g/mol. The summed E-state index contributed by atoms with van der Waals surface area (Å²) < 4.78 is 6.98. The van der Waals surface area contributed by atoms with Crippen molar-refractivity contribution in [1.29, 1.82) is 0 Å². The van der Waals surface area contributed by atoms with Crippen molar-refractivity contribution in [3.05, 3.63) is 46.6 Å². The average Bonchev–Trinajstić information content (AvgIpc) is 2.82. The molecule has 0 radical (unpaired) electrons. The minimum atomic E-state index is 0.215. The number of hydrogen-bond acceptors (Lipinski definition) is 2. The molecule has 0 aliphatic rings. The number of fused-ring (bicyclic) bond motifs is 2. The molecule has 0 spiro atoms. The quantitative estimate of drug-likeness (QED) is 0.747. The number of benzene rings is 2. The van der Waals surface area contributed by atoms with Crippen LogP contribution in [0.4, 0.5) is 0 Å². The maximum Gasteiger partial charge on any atom is 0.149 e. The van der Waals surface area contributed by atoms with Crippen molar-refractivity contribution in [2.45, 2.75) is 13.0 Å². The molecule has 0 bridgehead atoms. The molecule has 3 aromatic rings. The smallest absolute Gasteiger partial charge is 0.149 e. The van der Waals surface area contributed by atoms with E-state index < -0.39 is 0 Å². The molecule has 0 aliphatic carbocycles. The third-order valence-electron chi connectivity index (χ3n) is 3.35. The van der Waals surface area contributed by atoms with E-state index in [9.17, 15) is 0 Å². The third kappa shape index (κ3) is 1.74. The Morgan fingerprint density at radius 3 is 2.72 bits per heavy atom. The van der Waals surface area contributed by atoms with Gasteiger partial charge in [0.2, 0.25) is 0 Å². The van der Waals surface area contributed by atoms with Crippen LogP contribution in [0.1, 0.15) is 18.7 Å². The van der Waals surface area contributed by atoms with Crippen LogP contribution in [0, 0.1) is 0 Å². The highest BCUT2D eigenvalue weighted by Gasteiger charge is 2.13. The maximum atomic E-state index is 5.95. The maximum absolute atomic E-state index is 5.95. The van der Waals surface area contributed by atoms with Crippen LogP contribution in [-0.4, -0.2) is 7.05 Å². The lowest BCUT2D eigenvalue weighted by molar-refractivity contribution is 0.474. The Bertz CT molecular complexity index is 717. The summed E-state index contributed by atoms with van der Waals surface area (Å²) in [6.45, 7) is 2.09. The van der Waals surface area contributed by atoms with Crippen molar-refractivity contribution in [2.75, 3.05) is 7.05 Å². The summed E-state index contributed by atoms with van der Waals surface area (Å²) in [5.41, 5.74) is 0.922. The van der Waals surface area contributed by atoms with E-state index in [1.54, 1.807) is 0 Å². The molecule has 1 atom stereocenters. The summed E-state index contributed by atoms with van der Waals surface area (Å²) in [5.74, 6) is 0.962. The molecule has 3 rings (SSSR count). The summed E-state index contributed by atoms with van der Waals surface area (Å²) in [5, 5.41) is 6.74. The highest BCUT2D eigenvalue weighted by molar-refractivity contribution is 9.10. The molecule has 2 nitrogen and oxygen atoms in total. The van der Waals surface area contributed by atoms with Gasteiger partial charge in [-0.2, -0.15) is 0 Å². The first kappa shape index (κ1) is 11.8. The summed E-state index contributed by atoms with van der Waals surface area (Å²) in [6, 6.07) is 12.8. The highest BCUT2D eigenvalue weighted by atomic mass is 79.9. The number of halogens is 1. The summed E-state index contributed by atoms with van der Waals surface area (Å²) in [6.07, 6.45) is 0. The van der Waals surface area contributed by atoms with Gasteiger partial charge in [0.05, 0.1) is 10.5 Å². The third-order valence-corrected chi connectivity index (χ3v) is 4.13. The SMILES string of the molecule is CNC(C)c1cc2cc3ccccc3c(Br)c2o1. The largest absolute Gasteiger partial charge is 0.458 e. The van der Waals surface area contributed by atoms with Gasteiger partial charge < -0.3 is 9.73 Å². The minimum Gasteiger partial charge on any atom is -0.458 e. The van der Waals surface area contributed by atoms with Crippen molar-refractivity contribution < 1.29 is 4.42 Å². The molecule has 1 unspecified atom stereocenters. The van der Waals surface area contributed by atoms with Gasteiger partial charge in [0.15, 0.2) is 0 Å². The molecule has 3 heteroatoms. The average molecular weight is 304 g/mol. The molecular formula is C15H14BrNO. The van der Waals surface area contributed by atoms with Gasteiger partial charge >= 0.3 is 0 Å². The first-order chi connectivity index (χ1) is 8.70. The van der Waals surface area contributed by atoms with Gasteiger partial charge in [0.25, 0.3) is 0 Å². The Kier molecular flexibility index (Phi) is 2.88. The highest BCUT2D eigenvalue weighted by Crippen LogP contribution is 2.35. The van der Waals surface area contributed by atoms with Crippen molar-refractivity contribution in [1.82, 2.24) is 5.32 Å². The van der Waals surface area contributed by atoms with Crippen LogP contribution in [0.3, 0.4) is 0 Å². The standard InChI is InChI=1S/C15H14BrNO/c1-9(17-2)13-8-11-7-10-5-3-4-6-12(10)14(16)15(11)18-13/h3-9,17H,1-2H3. The topological polar surface area (TPSA) is 25.2 Å². The molecule has 0 saturated heterocycles. The van der Waals surface area contributed by atoms with Crippen LogP contribution >= 0.6 is 15.9 Å². The normalized spacial score (nSPS) is 13.3. The second kappa shape index (κ2) is 4.41. The van der Waals surface area contributed by atoms with Gasteiger partial charge in [-0.05, 0) is 52.8 Å². The molecule has 0 fully saturated rings. The van der Waals surface area contributed by atoms with E-state index >= 15 is 0 Å². The lowest BCUT2D eigenvalue weighted by Gasteiger charge is -2.04. The van der Waals surface area contributed by atoms with E-state index in [4.69, 9.17) is 4.42 Å². The Morgan fingerprint density at radius 1 is 1.17 bits per heavy atom. The zero-order chi connectivity index (χ0) is 12.7. The Hall–Kier alpha value is -1.32. The van der Waals surface area contributed by atoms with Crippen LogP contribution in [0.25, 0.3) is 21.7 Å². The van der Waals surface area contributed by atoms with E-state index in [-0.39, 0.29) is 6.04 Å². The molecule has 0 amide bonds. The van der Waals surface area contributed by atoms with E-state index in [1.165, 1.54) is 10.8 Å². The fourth-order valence-corrected chi connectivity index (χ4v) is 2.84. The Morgan fingerprint density at radius 2 is 1.94 bits per heavy atom. The van der Waals surface area contributed by atoms with Crippen molar-refractivity contribution in [3.63, 3.8) is 0 Å². The number of hydrogen-bond donors (Lipinski definition) is 1. The Labute approximate surface area is 114 Å². The van der Waals surface area contributed by atoms with Gasteiger partial charge in [-0.3, -0.25) is 0 Å². The van der Waals surface area contributed by atoms with E-state index in [2.05, 4.69) is 58.5 Å². The van der Waals surface area contributed by atoms with Crippen LogP contribution in [0.2, 0.25) is 0 Å². The second-order valence-corrected chi connectivity index (χ2v) is 5.28. The summed E-state index contributed by atoms with van der Waals surface area (Å²) in [7, 11) is 1.93. The van der Waals surface area contributed by atoms with Crippen LogP contribution in [0.15, 0.2) is 45.3 Å². The van der Waals surface area contributed by atoms with Gasteiger partial charge in [-0.25, -0.2) is 0 Å². The van der Waals surface area contributed by atoms with Crippen molar-refractivity contribution in [2.24, 2.45) is 0 Å². The van der Waals surface area contributed by atoms with Gasteiger partial charge in [-0.1, -0.05) is 24.3 Å². The van der Waals surface area contributed by atoms with Gasteiger partial charge in [-0.15, -0.1) is 0 Å². The van der Waals surface area contributed by atoms with Gasteiger partial charge in [0, 0.05) is 5.39 Å². The first-order valence-corrected chi connectivity index (χ1v) is 6.78. The molecule has 92 valence electrons. The van der Waals surface area contributed by atoms with Crippen molar-refractivity contribution >= 4 is 37.7 Å². The molecular weight excluding hydrogens is 290 g/mol. The number of nitrogens with one attached hydrogen (secondary N) is 1. The molecule has 0 saturated carbocycles. The van der Waals surface area contributed by atoms with E-state index in [0.717, 1.165) is 21.2 Å². The molecule has 2 aromatic carbocycles. The van der Waals surface area contributed by atoms with E-state index in [0.29, 0.717) is 0 Å². The van der Waals surface area contributed by atoms with Crippen LogP contribution in [-0.2, 0) is 0 Å². The number of rotatable bonds is 2.